The van der Waals surface area contributed by atoms with Crippen LogP contribution in [0.3, 0.4) is 0 Å². The van der Waals surface area contributed by atoms with Crippen LogP contribution in [0.1, 0.15) is 26.3 Å². The molecule has 0 saturated heterocycles. The molecule has 6 nitrogen and oxygen atoms in total. The molecule has 0 fully saturated rings. The average Bonchev–Trinajstić information content (AvgIpc) is 2.71. The Morgan fingerprint density at radius 3 is 2.23 bits per heavy atom. The second kappa shape index (κ2) is 8.45. The molecule has 1 amide bonds. The molecule has 0 bridgehead atoms. The maximum Gasteiger partial charge on any atom is 0.244 e. The summed E-state index contributed by atoms with van der Waals surface area (Å²) >= 11 is 0. The van der Waals surface area contributed by atoms with Crippen molar-refractivity contribution in [1.82, 2.24) is 5.32 Å². The fourth-order valence-corrected chi connectivity index (χ4v) is 2.99. The number of fused-ring (bicyclic) bond motifs is 1. The SMILES string of the molecule is COc1ccc(-c2oc3cc(OC)ccc3c(=O)c2/C=C/C(=O)NC(C)(C)C)cc1. The molecule has 0 aliphatic heterocycles. The van der Waals surface area contributed by atoms with Crippen LogP contribution in [-0.4, -0.2) is 25.7 Å². The minimum Gasteiger partial charge on any atom is -0.497 e. The molecule has 0 aliphatic carbocycles. The predicted octanol–water partition coefficient (Wildman–Crippen LogP) is 4.41. The first-order valence-corrected chi connectivity index (χ1v) is 9.51. The number of carbonyl (C=O) groups excluding carboxylic acids is 1. The smallest absolute Gasteiger partial charge is 0.244 e. The Morgan fingerprint density at radius 2 is 1.63 bits per heavy atom. The molecule has 0 radical (unpaired) electrons. The van der Waals surface area contributed by atoms with Crippen molar-refractivity contribution in [2.45, 2.75) is 26.3 Å². The average molecular weight is 407 g/mol. The minimum atomic E-state index is -0.384. The highest BCUT2D eigenvalue weighted by atomic mass is 16.5. The molecule has 156 valence electrons. The number of carbonyl (C=O) groups is 1. The van der Waals surface area contributed by atoms with E-state index in [2.05, 4.69) is 5.32 Å². The van der Waals surface area contributed by atoms with E-state index in [0.717, 1.165) is 0 Å². The maximum atomic E-state index is 13.2. The lowest BCUT2D eigenvalue weighted by Gasteiger charge is -2.19. The van der Waals surface area contributed by atoms with E-state index < -0.39 is 0 Å². The van der Waals surface area contributed by atoms with Gasteiger partial charge in [0, 0.05) is 23.2 Å². The summed E-state index contributed by atoms with van der Waals surface area (Å²) in [6.07, 6.45) is 2.84. The Balaban J connectivity index is 2.18. The van der Waals surface area contributed by atoms with Crippen molar-refractivity contribution in [3.8, 4) is 22.8 Å². The van der Waals surface area contributed by atoms with Gasteiger partial charge in [-0.2, -0.15) is 0 Å². The third kappa shape index (κ3) is 4.71. The molecule has 0 atom stereocenters. The van der Waals surface area contributed by atoms with Crippen LogP contribution in [0.25, 0.3) is 28.4 Å². The number of ether oxygens (including phenoxy) is 2. The van der Waals surface area contributed by atoms with Gasteiger partial charge in [-0.25, -0.2) is 0 Å². The van der Waals surface area contributed by atoms with Crippen molar-refractivity contribution in [3.63, 3.8) is 0 Å². The summed E-state index contributed by atoms with van der Waals surface area (Å²) in [5.74, 6) is 1.34. The van der Waals surface area contributed by atoms with E-state index in [9.17, 15) is 9.59 Å². The second-order valence-corrected chi connectivity index (χ2v) is 7.84. The normalized spacial score (nSPS) is 11.6. The standard InChI is InChI=1S/C24H25NO5/c1-24(2,3)25-21(26)13-12-19-22(27)18-11-10-17(29-5)14-20(18)30-23(19)15-6-8-16(28-4)9-7-15/h6-14H,1-5H3,(H,25,26)/b13-12+. The highest BCUT2D eigenvalue weighted by Crippen LogP contribution is 2.29. The molecule has 2 aromatic carbocycles. The van der Waals surface area contributed by atoms with Crippen LogP contribution in [0.5, 0.6) is 11.5 Å². The summed E-state index contributed by atoms with van der Waals surface area (Å²) in [5.41, 5.74) is 0.770. The molecule has 0 aliphatic rings. The van der Waals surface area contributed by atoms with Crippen molar-refractivity contribution < 1.29 is 18.7 Å². The van der Waals surface area contributed by atoms with E-state index in [1.165, 1.54) is 12.2 Å². The number of rotatable bonds is 5. The quantitative estimate of drug-likeness (QED) is 0.634. The van der Waals surface area contributed by atoms with Crippen LogP contribution in [0.4, 0.5) is 0 Å². The zero-order valence-electron chi connectivity index (χ0n) is 17.7. The number of hydrogen-bond donors (Lipinski definition) is 1. The third-order valence-corrected chi connectivity index (χ3v) is 4.39. The van der Waals surface area contributed by atoms with Gasteiger partial charge in [-0.05, 0) is 63.2 Å². The fraction of sp³-hybridized carbons (Fsp3) is 0.250. The first kappa shape index (κ1) is 21.2. The first-order valence-electron chi connectivity index (χ1n) is 9.51. The Hall–Kier alpha value is -3.54. The maximum absolute atomic E-state index is 13.2. The van der Waals surface area contributed by atoms with Crippen molar-refractivity contribution >= 4 is 23.0 Å². The van der Waals surface area contributed by atoms with Crippen molar-refractivity contribution in [3.05, 3.63) is 64.3 Å². The summed E-state index contributed by atoms with van der Waals surface area (Å²) in [6, 6.07) is 12.2. The van der Waals surface area contributed by atoms with Gasteiger partial charge >= 0.3 is 0 Å². The van der Waals surface area contributed by atoms with Gasteiger partial charge < -0.3 is 19.2 Å². The molecule has 0 unspecified atom stereocenters. The zero-order chi connectivity index (χ0) is 21.9. The predicted molar refractivity (Wildman–Crippen MR) is 118 cm³/mol. The van der Waals surface area contributed by atoms with Gasteiger partial charge in [-0.3, -0.25) is 9.59 Å². The van der Waals surface area contributed by atoms with Crippen LogP contribution >= 0.6 is 0 Å². The van der Waals surface area contributed by atoms with Gasteiger partial charge in [-0.15, -0.1) is 0 Å². The van der Waals surface area contributed by atoms with E-state index in [1.807, 2.05) is 20.8 Å². The summed E-state index contributed by atoms with van der Waals surface area (Å²) in [4.78, 5) is 25.5. The van der Waals surface area contributed by atoms with Crippen LogP contribution in [0, 0.1) is 0 Å². The molecule has 30 heavy (non-hydrogen) atoms. The Kier molecular flexibility index (Phi) is 5.96. The van der Waals surface area contributed by atoms with Crippen LogP contribution < -0.4 is 20.2 Å². The molecule has 3 aromatic rings. The highest BCUT2D eigenvalue weighted by molar-refractivity contribution is 5.94. The van der Waals surface area contributed by atoms with Crippen molar-refractivity contribution in [2.75, 3.05) is 14.2 Å². The largest absolute Gasteiger partial charge is 0.497 e. The topological polar surface area (TPSA) is 77.8 Å². The van der Waals surface area contributed by atoms with Crippen LogP contribution in [0.2, 0.25) is 0 Å². The van der Waals surface area contributed by atoms with E-state index in [-0.39, 0.29) is 16.9 Å². The van der Waals surface area contributed by atoms with Crippen LogP contribution in [0.15, 0.2) is 57.8 Å². The summed E-state index contributed by atoms with van der Waals surface area (Å²) in [6.45, 7) is 5.66. The highest BCUT2D eigenvalue weighted by Gasteiger charge is 2.16. The number of methoxy groups -OCH3 is 2. The molecule has 6 heteroatoms. The van der Waals surface area contributed by atoms with Crippen molar-refractivity contribution in [2.24, 2.45) is 0 Å². The number of benzene rings is 2. The monoisotopic (exact) mass is 407 g/mol. The lowest BCUT2D eigenvalue weighted by molar-refractivity contribution is -0.117. The van der Waals surface area contributed by atoms with E-state index in [4.69, 9.17) is 13.9 Å². The molecule has 1 N–H and O–H groups in total. The van der Waals surface area contributed by atoms with Crippen molar-refractivity contribution in [1.29, 1.82) is 0 Å². The lowest BCUT2D eigenvalue weighted by Crippen LogP contribution is -2.39. The molecule has 1 aromatic heterocycles. The third-order valence-electron chi connectivity index (χ3n) is 4.39. The van der Waals surface area contributed by atoms with Gasteiger partial charge in [0.05, 0.1) is 25.2 Å². The molecule has 0 spiro atoms. The van der Waals surface area contributed by atoms with Gasteiger partial charge in [-0.1, -0.05) is 0 Å². The Morgan fingerprint density at radius 1 is 1.00 bits per heavy atom. The molecular weight excluding hydrogens is 382 g/mol. The first-order chi connectivity index (χ1) is 14.2. The fourth-order valence-electron chi connectivity index (χ4n) is 2.99. The Labute approximate surface area is 175 Å². The number of amides is 1. The molecular formula is C24H25NO5. The zero-order valence-corrected chi connectivity index (χ0v) is 17.7. The molecule has 3 rings (SSSR count). The Bertz CT molecular complexity index is 1150. The number of nitrogens with one attached hydrogen (secondary N) is 1. The lowest BCUT2D eigenvalue weighted by atomic mass is 10.0. The summed E-state index contributed by atoms with van der Waals surface area (Å²) in [5, 5.41) is 3.25. The van der Waals surface area contributed by atoms with E-state index in [0.29, 0.717) is 39.4 Å². The van der Waals surface area contributed by atoms with Gasteiger partial charge in [0.15, 0.2) is 0 Å². The molecule has 0 saturated carbocycles. The summed E-state index contributed by atoms with van der Waals surface area (Å²) < 4.78 is 16.6. The van der Waals surface area contributed by atoms with E-state index >= 15 is 0 Å². The molecule has 1 heterocycles. The van der Waals surface area contributed by atoms with Gasteiger partial charge in [0.25, 0.3) is 0 Å². The summed E-state index contributed by atoms with van der Waals surface area (Å²) in [7, 11) is 3.13. The second-order valence-electron chi connectivity index (χ2n) is 7.84. The van der Waals surface area contributed by atoms with Crippen LogP contribution in [-0.2, 0) is 4.79 Å². The van der Waals surface area contributed by atoms with Gasteiger partial charge in [0.2, 0.25) is 11.3 Å². The van der Waals surface area contributed by atoms with Gasteiger partial charge in [0.1, 0.15) is 22.8 Å². The number of hydrogen-bond acceptors (Lipinski definition) is 5. The minimum absolute atomic E-state index is 0.232. The van der Waals surface area contributed by atoms with E-state index in [1.54, 1.807) is 56.7 Å².